The van der Waals surface area contributed by atoms with E-state index in [1.807, 2.05) is 0 Å². The first-order valence-electron chi connectivity index (χ1n) is 4.11. The van der Waals surface area contributed by atoms with Crippen LogP contribution in [0.3, 0.4) is 0 Å². The molecule has 0 aliphatic carbocycles. The molecule has 5 nitrogen and oxygen atoms in total. The van der Waals surface area contributed by atoms with Gasteiger partial charge in [0.15, 0.2) is 11.0 Å². The fourth-order valence-corrected chi connectivity index (χ4v) is 0.849. The van der Waals surface area contributed by atoms with Gasteiger partial charge in [0.25, 0.3) is 0 Å². The number of nitrogens with one attached hydrogen (secondary N) is 2. The molecule has 0 radical (unpaired) electrons. The van der Waals surface area contributed by atoms with E-state index in [0.29, 0.717) is 11.0 Å². The van der Waals surface area contributed by atoms with Crippen molar-refractivity contribution in [3.63, 3.8) is 0 Å². The molecule has 0 spiro atoms. The van der Waals surface area contributed by atoms with Gasteiger partial charge in [0, 0.05) is 0 Å². The van der Waals surface area contributed by atoms with Gasteiger partial charge in [-0.05, 0) is 26.1 Å². The van der Waals surface area contributed by atoms with Crippen LogP contribution in [0.15, 0.2) is 12.1 Å². The average molecular weight is 215 g/mol. The lowest BCUT2D eigenvalue weighted by Gasteiger charge is -2.09. The number of carbonyl (C=O) groups excluding carboxylic acids is 1. The maximum Gasteiger partial charge on any atom is 0.242 e. The van der Waals surface area contributed by atoms with Crippen molar-refractivity contribution < 1.29 is 4.79 Å². The number of hydrogen-bond acceptors (Lipinski definition) is 4. The maximum absolute atomic E-state index is 11.4. The molecule has 0 aliphatic rings. The lowest BCUT2D eigenvalue weighted by molar-refractivity contribution is -0.117. The molecule has 1 amide bonds. The Hall–Kier alpha value is -1.20. The summed E-state index contributed by atoms with van der Waals surface area (Å²) in [4.78, 5) is 11.4. The van der Waals surface area contributed by atoms with Gasteiger partial charge in [0.1, 0.15) is 0 Å². The van der Waals surface area contributed by atoms with Crippen molar-refractivity contribution >= 4 is 23.3 Å². The fourth-order valence-electron chi connectivity index (χ4n) is 0.748. The zero-order chi connectivity index (χ0) is 10.6. The van der Waals surface area contributed by atoms with Crippen LogP contribution in [-0.4, -0.2) is 29.2 Å². The molecule has 2 N–H and O–H groups in total. The number of nitrogens with zero attached hydrogens (tertiary/aromatic N) is 2. The summed E-state index contributed by atoms with van der Waals surface area (Å²) in [6, 6.07) is 2.89. The molecule has 76 valence electrons. The van der Waals surface area contributed by atoms with Gasteiger partial charge in [0.2, 0.25) is 5.91 Å². The van der Waals surface area contributed by atoms with Crippen molar-refractivity contribution in [2.24, 2.45) is 0 Å². The van der Waals surface area contributed by atoms with E-state index in [2.05, 4.69) is 20.8 Å². The molecule has 1 unspecified atom stereocenters. The van der Waals surface area contributed by atoms with Crippen molar-refractivity contribution in [1.82, 2.24) is 15.5 Å². The second-order valence-corrected chi connectivity index (χ2v) is 3.13. The standard InChI is InChI=1S/C8H11ClN4O/c1-5(10-2)8(14)11-7-4-3-6(9)12-13-7/h3-5,10H,1-2H3,(H,11,13,14). The van der Waals surface area contributed by atoms with Crippen LogP contribution in [0.5, 0.6) is 0 Å². The van der Waals surface area contributed by atoms with E-state index in [-0.39, 0.29) is 11.9 Å². The molecule has 1 heterocycles. The number of hydrogen-bond donors (Lipinski definition) is 2. The Morgan fingerprint density at radius 3 is 2.71 bits per heavy atom. The first kappa shape index (κ1) is 10.9. The van der Waals surface area contributed by atoms with Gasteiger partial charge in [0.05, 0.1) is 6.04 Å². The molecule has 0 bridgehead atoms. The Balaban J connectivity index is 2.60. The largest absolute Gasteiger partial charge is 0.309 e. The molecule has 0 fully saturated rings. The van der Waals surface area contributed by atoms with E-state index >= 15 is 0 Å². The van der Waals surface area contributed by atoms with Gasteiger partial charge in [-0.25, -0.2) is 0 Å². The van der Waals surface area contributed by atoms with E-state index in [1.54, 1.807) is 26.1 Å². The summed E-state index contributed by atoms with van der Waals surface area (Å²) in [5.74, 6) is 0.227. The monoisotopic (exact) mass is 214 g/mol. The number of amides is 1. The summed E-state index contributed by atoms with van der Waals surface area (Å²) in [6.45, 7) is 1.75. The highest BCUT2D eigenvalue weighted by Gasteiger charge is 2.10. The zero-order valence-corrected chi connectivity index (χ0v) is 8.67. The van der Waals surface area contributed by atoms with Gasteiger partial charge in [-0.3, -0.25) is 4.79 Å². The quantitative estimate of drug-likeness (QED) is 0.777. The number of rotatable bonds is 3. The third-order valence-electron chi connectivity index (χ3n) is 1.71. The predicted octanol–water partition coefficient (Wildman–Crippen LogP) is 0.676. The first-order chi connectivity index (χ1) is 6.63. The summed E-state index contributed by atoms with van der Waals surface area (Å²) in [6.07, 6.45) is 0. The van der Waals surface area contributed by atoms with Crippen LogP contribution >= 0.6 is 11.6 Å². The summed E-state index contributed by atoms with van der Waals surface area (Å²) >= 11 is 5.54. The lowest BCUT2D eigenvalue weighted by atomic mass is 10.3. The number of likely N-dealkylation sites (N-methyl/N-ethyl adjacent to an activating group) is 1. The molecule has 0 saturated carbocycles. The predicted molar refractivity (Wildman–Crippen MR) is 54.2 cm³/mol. The van der Waals surface area contributed by atoms with Crippen LogP contribution < -0.4 is 10.6 Å². The van der Waals surface area contributed by atoms with Gasteiger partial charge >= 0.3 is 0 Å². The van der Waals surface area contributed by atoms with E-state index < -0.39 is 0 Å². The summed E-state index contributed by atoms with van der Waals surface area (Å²) in [5, 5.41) is 13.0. The Morgan fingerprint density at radius 2 is 2.21 bits per heavy atom. The van der Waals surface area contributed by atoms with Crippen LogP contribution in [0.2, 0.25) is 5.15 Å². The Kier molecular flexibility index (Phi) is 3.79. The number of anilines is 1. The SMILES string of the molecule is CNC(C)C(=O)Nc1ccc(Cl)nn1. The van der Waals surface area contributed by atoms with E-state index in [4.69, 9.17) is 11.6 Å². The molecule has 0 aromatic carbocycles. The smallest absolute Gasteiger partial charge is 0.242 e. The van der Waals surface area contributed by atoms with Crippen molar-refractivity contribution in [2.75, 3.05) is 12.4 Å². The van der Waals surface area contributed by atoms with Gasteiger partial charge < -0.3 is 10.6 Å². The molecule has 1 aromatic rings. The maximum atomic E-state index is 11.4. The zero-order valence-electron chi connectivity index (χ0n) is 7.91. The highest BCUT2D eigenvalue weighted by molar-refractivity contribution is 6.29. The third kappa shape index (κ3) is 2.93. The highest BCUT2D eigenvalue weighted by Crippen LogP contribution is 2.06. The molecule has 14 heavy (non-hydrogen) atoms. The molecule has 0 aliphatic heterocycles. The van der Waals surface area contributed by atoms with E-state index in [0.717, 1.165) is 0 Å². The van der Waals surface area contributed by atoms with Crippen molar-refractivity contribution in [3.8, 4) is 0 Å². The van der Waals surface area contributed by atoms with Crippen LogP contribution in [-0.2, 0) is 4.79 Å². The Bertz CT molecular complexity index is 314. The van der Waals surface area contributed by atoms with Crippen molar-refractivity contribution in [2.45, 2.75) is 13.0 Å². The fraction of sp³-hybridized carbons (Fsp3) is 0.375. The first-order valence-corrected chi connectivity index (χ1v) is 4.48. The Labute approximate surface area is 86.9 Å². The molecule has 1 rings (SSSR count). The van der Waals surface area contributed by atoms with E-state index in [1.165, 1.54) is 0 Å². The topological polar surface area (TPSA) is 66.9 Å². The summed E-state index contributed by atoms with van der Waals surface area (Å²) in [5.41, 5.74) is 0. The average Bonchev–Trinajstić information content (AvgIpc) is 2.20. The van der Waals surface area contributed by atoms with Crippen LogP contribution in [0.25, 0.3) is 0 Å². The molecular formula is C8H11ClN4O. The molecule has 1 atom stereocenters. The van der Waals surface area contributed by atoms with Crippen LogP contribution in [0.4, 0.5) is 5.82 Å². The number of halogens is 1. The van der Waals surface area contributed by atoms with Crippen LogP contribution in [0, 0.1) is 0 Å². The highest BCUT2D eigenvalue weighted by atomic mass is 35.5. The van der Waals surface area contributed by atoms with Gasteiger partial charge in [-0.15, -0.1) is 10.2 Å². The number of carbonyl (C=O) groups is 1. The minimum atomic E-state index is -0.271. The second kappa shape index (κ2) is 4.88. The van der Waals surface area contributed by atoms with Gasteiger partial charge in [-0.1, -0.05) is 11.6 Å². The van der Waals surface area contributed by atoms with Crippen molar-refractivity contribution in [3.05, 3.63) is 17.3 Å². The summed E-state index contributed by atoms with van der Waals surface area (Å²) in [7, 11) is 1.71. The normalized spacial score (nSPS) is 12.2. The molecule has 0 saturated heterocycles. The molecule has 6 heteroatoms. The Morgan fingerprint density at radius 1 is 1.50 bits per heavy atom. The minimum Gasteiger partial charge on any atom is -0.309 e. The lowest BCUT2D eigenvalue weighted by Crippen LogP contribution is -2.35. The summed E-state index contributed by atoms with van der Waals surface area (Å²) < 4.78 is 0. The number of aromatic nitrogens is 2. The van der Waals surface area contributed by atoms with Gasteiger partial charge in [-0.2, -0.15) is 0 Å². The van der Waals surface area contributed by atoms with E-state index in [9.17, 15) is 4.79 Å². The minimum absolute atomic E-state index is 0.163. The molecular weight excluding hydrogens is 204 g/mol. The second-order valence-electron chi connectivity index (χ2n) is 2.74. The molecule has 1 aromatic heterocycles. The third-order valence-corrected chi connectivity index (χ3v) is 1.91. The van der Waals surface area contributed by atoms with Crippen molar-refractivity contribution in [1.29, 1.82) is 0 Å². The van der Waals surface area contributed by atoms with Crippen LogP contribution in [0.1, 0.15) is 6.92 Å².